The molecule has 0 unspecified atom stereocenters. The van der Waals surface area contributed by atoms with Crippen molar-refractivity contribution in [3.05, 3.63) is 53.4 Å². The van der Waals surface area contributed by atoms with Crippen LogP contribution in [0, 0.1) is 18.3 Å². The number of rotatable bonds is 6. The molecular formula is C31H38N8O2. The third kappa shape index (κ3) is 4.88. The molecule has 3 aliphatic heterocycles. The summed E-state index contributed by atoms with van der Waals surface area (Å²) in [7, 11) is 2.12. The van der Waals surface area contributed by atoms with E-state index in [2.05, 4.69) is 70.6 Å². The molecule has 2 aromatic heterocycles. The smallest absolute Gasteiger partial charge is 0.246 e. The van der Waals surface area contributed by atoms with Gasteiger partial charge in [-0.25, -0.2) is 4.98 Å². The van der Waals surface area contributed by atoms with Crippen LogP contribution in [-0.4, -0.2) is 89.4 Å². The zero-order valence-electron chi connectivity index (χ0n) is 24.2. The monoisotopic (exact) mass is 554 g/mol. The molecule has 3 aliphatic rings. The van der Waals surface area contributed by atoms with E-state index in [1.165, 1.54) is 11.6 Å². The van der Waals surface area contributed by atoms with Crippen LogP contribution in [0.3, 0.4) is 0 Å². The van der Waals surface area contributed by atoms with Gasteiger partial charge in [0.2, 0.25) is 11.8 Å². The van der Waals surface area contributed by atoms with Crippen LogP contribution in [0.5, 0.6) is 5.88 Å². The van der Waals surface area contributed by atoms with Gasteiger partial charge in [-0.05, 0) is 58.3 Å². The van der Waals surface area contributed by atoms with Crippen molar-refractivity contribution in [3.8, 4) is 11.9 Å². The molecular weight excluding hydrogens is 516 g/mol. The zero-order chi connectivity index (χ0) is 28.7. The maximum atomic E-state index is 12.4. The second kappa shape index (κ2) is 11.1. The Labute approximate surface area is 241 Å². The highest BCUT2D eigenvalue weighted by Gasteiger charge is 2.34. The van der Waals surface area contributed by atoms with Crippen molar-refractivity contribution in [2.75, 3.05) is 56.2 Å². The van der Waals surface area contributed by atoms with Gasteiger partial charge < -0.3 is 24.3 Å². The number of aromatic amines is 1. The summed E-state index contributed by atoms with van der Waals surface area (Å²) in [6.45, 7) is 12.7. The fourth-order valence-corrected chi connectivity index (χ4v) is 6.76. The number of carbonyl (C=O) groups is 1. The number of nitrogens with one attached hydrogen (secondary N) is 1. The lowest BCUT2D eigenvalue weighted by atomic mass is 9.96. The number of likely N-dealkylation sites (tertiary alicyclic amines) is 1. The number of nitriles is 1. The zero-order valence-corrected chi connectivity index (χ0v) is 24.2. The molecule has 2 fully saturated rings. The number of aryl methyl sites for hydroxylation is 1. The number of piperazine rings is 1. The molecule has 10 heteroatoms. The van der Waals surface area contributed by atoms with Crippen LogP contribution in [0.4, 0.5) is 11.4 Å². The van der Waals surface area contributed by atoms with Gasteiger partial charge in [0.15, 0.2) is 0 Å². The number of hydrogen-bond donors (Lipinski definition) is 1. The Morgan fingerprint density at radius 3 is 2.83 bits per heavy atom. The fourth-order valence-electron chi connectivity index (χ4n) is 6.76. The number of pyridine rings is 1. The van der Waals surface area contributed by atoms with Crippen LogP contribution in [0.2, 0.25) is 0 Å². The molecule has 0 saturated carbocycles. The Bertz CT molecular complexity index is 1520. The molecule has 1 amide bonds. The molecule has 41 heavy (non-hydrogen) atoms. The number of hydrogen-bond acceptors (Lipinski definition) is 8. The van der Waals surface area contributed by atoms with Crippen molar-refractivity contribution in [2.45, 2.75) is 51.7 Å². The Hall–Kier alpha value is -4.10. The van der Waals surface area contributed by atoms with Gasteiger partial charge in [-0.15, -0.1) is 0 Å². The predicted octanol–water partition coefficient (Wildman–Crippen LogP) is 3.40. The van der Waals surface area contributed by atoms with E-state index in [0.717, 1.165) is 65.9 Å². The molecule has 2 saturated heterocycles. The lowest BCUT2D eigenvalue weighted by Gasteiger charge is -2.42. The van der Waals surface area contributed by atoms with Crippen LogP contribution in [0.15, 0.2) is 31.0 Å². The fraction of sp³-hybridized carbons (Fsp3) is 0.484. The van der Waals surface area contributed by atoms with Gasteiger partial charge in [0.25, 0.3) is 0 Å². The summed E-state index contributed by atoms with van der Waals surface area (Å²) in [6, 6.07) is 7.00. The SMILES string of the molecule is C=CC(=O)N1CCN(c2c(C#N)c(OC[C@@H]3CCCN3C)nc3c2CCN(c2c(C)ccc4cn[nH]c24)C3)C[C@@H]1C. The molecule has 6 rings (SSSR count). The number of ether oxygens (including phenoxy) is 1. The molecule has 1 N–H and O–H groups in total. The van der Waals surface area contributed by atoms with Crippen molar-refractivity contribution < 1.29 is 9.53 Å². The van der Waals surface area contributed by atoms with Gasteiger partial charge in [0.1, 0.15) is 18.2 Å². The van der Waals surface area contributed by atoms with Gasteiger partial charge in [-0.3, -0.25) is 9.89 Å². The molecule has 3 aromatic rings. The number of likely N-dealkylation sites (N-methyl/N-ethyl adjacent to an activating group) is 1. The first-order valence-corrected chi connectivity index (χ1v) is 14.5. The minimum absolute atomic E-state index is 0.0122. The maximum absolute atomic E-state index is 12.4. The Morgan fingerprint density at radius 2 is 2.10 bits per heavy atom. The van der Waals surface area contributed by atoms with Crippen molar-refractivity contribution >= 4 is 28.2 Å². The highest BCUT2D eigenvalue weighted by atomic mass is 16.5. The van der Waals surface area contributed by atoms with Crippen molar-refractivity contribution in [1.82, 2.24) is 25.0 Å². The third-order valence-electron chi connectivity index (χ3n) is 9.00. The second-order valence-electron chi connectivity index (χ2n) is 11.5. The predicted molar refractivity (Wildman–Crippen MR) is 159 cm³/mol. The van der Waals surface area contributed by atoms with E-state index < -0.39 is 0 Å². The summed E-state index contributed by atoms with van der Waals surface area (Å²) in [5.74, 6) is 0.357. The highest BCUT2D eigenvalue weighted by Crippen LogP contribution is 2.40. The molecule has 1 aromatic carbocycles. The van der Waals surface area contributed by atoms with Crippen molar-refractivity contribution in [3.63, 3.8) is 0 Å². The number of nitrogens with zero attached hydrogens (tertiary/aromatic N) is 7. The molecule has 10 nitrogen and oxygen atoms in total. The van der Waals surface area contributed by atoms with E-state index in [4.69, 9.17) is 9.72 Å². The average Bonchev–Trinajstić information content (AvgIpc) is 3.62. The number of fused-ring (bicyclic) bond motifs is 2. The van der Waals surface area contributed by atoms with Gasteiger partial charge in [-0.1, -0.05) is 18.7 Å². The molecule has 0 aliphatic carbocycles. The van der Waals surface area contributed by atoms with Gasteiger partial charge in [0.05, 0.1) is 35.3 Å². The Kier molecular flexibility index (Phi) is 7.30. The lowest BCUT2D eigenvalue weighted by molar-refractivity contribution is -0.128. The first kappa shape index (κ1) is 27.1. The maximum Gasteiger partial charge on any atom is 0.246 e. The van der Waals surface area contributed by atoms with Crippen LogP contribution in [-0.2, 0) is 17.8 Å². The number of carbonyl (C=O) groups excluding carboxylic acids is 1. The number of anilines is 2. The van der Waals surface area contributed by atoms with Crippen molar-refractivity contribution in [1.29, 1.82) is 5.26 Å². The van der Waals surface area contributed by atoms with Gasteiger partial charge in [-0.2, -0.15) is 10.4 Å². The number of benzene rings is 1. The topological polar surface area (TPSA) is 105 Å². The minimum atomic E-state index is -0.0573. The van der Waals surface area contributed by atoms with Crippen molar-refractivity contribution in [2.24, 2.45) is 0 Å². The quantitative estimate of drug-likeness (QED) is 0.463. The summed E-state index contributed by atoms with van der Waals surface area (Å²) < 4.78 is 6.39. The van der Waals surface area contributed by atoms with E-state index in [9.17, 15) is 10.1 Å². The lowest BCUT2D eigenvalue weighted by Crippen LogP contribution is -2.54. The molecule has 5 heterocycles. The van der Waals surface area contributed by atoms with Crippen LogP contribution < -0.4 is 14.5 Å². The largest absolute Gasteiger partial charge is 0.475 e. The van der Waals surface area contributed by atoms with Crippen LogP contribution >= 0.6 is 0 Å². The van der Waals surface area contributed by atoms with E-state index >= 15 is 0 Å². The summed E-state index contributed by atoms with van der Waals surface area (Å²) in [5.41, 5.74) is 6.80. The molecule has 214 valence electrons. The molecule has 0 radical (unpaired) electrons. The van der Waals surface area contributed by atoms with Crippen LogP contribution in [0.25, 0.3) is 10.9 Å². The molecule has 2 atom stereocenters. The first-order valence-electron chi connectivity index (χ1n) is 14.5. The Balaban J connectivity index is 1.39. The summed E-state index contributed by atoms with van der Waals surface area (Å²) in [4.78, 5) is 26.3. The third-order valence-corrected chi connectivity index (χ3v) is 9.00. The highest BCUT2D eigenvalue weighted by molar-refractivity contribution is 5.92. The van der Waals surface area contributed by atoms with Gasteiger partial charge >= 0.3 is 0 Å². The minimum Gasteiger partial charge on any atom is -0.475 e. The number of H-pyrrole nitrogens is 1. The summed E-state index contributed by atoms with van der Waals surface area (Å²) in [5, 5.41) is 19.0. The van der Waals surface area contributed by atoms with E-state index in [1.54, 1.807) is 0 Å². The van der Waals surface area contributed by atoms with E-state index in [-0.39, 0.29) is 11.9 Å². The van der Waals surface area contributed by atoms with Crippen LogP contribution in [0.1, 0.15) is 42.1 Å². The summed E-state index contributed by atoms with van der Waals surface area (Å²) >= 11 is 0. The normalized spacial score (nSPS) is 21.2. The first-order chi connectivity index (χ1) is 19.9. The second-order valence-corrected chi connectivity index (χ2v) is 11.5. The standard InChI is InChI=1S/C31H38N8O2/c1-5-27(40)39-14-13-38(17-21(39)3)30-24-10-12-37(29-20(2)8-9-22-16-33-35-28(22)29)18-26(24)34-31(25(30)15-32)41-19-23-7-6-11-36(23)4/h5,8-9,16,21,23H,1,6-7,10-14,17-19H2,2-4H3,(H,33,35)/t21-,23-/m0/s1. The van der Waals surface area contributed by atoms with Gasteiger partial charge in [0, 0.05) is 49.2 Å². The number of amides is 1. The number of aromatic nitrogens is 3. The molecule has 0 bridgehead atoms. The summed E-state index contributed by atoms with van der Waals surface area (Å²) in [6.07, 6.45) is 6.22. The van der Waals surface area contributed by atoms with E-state index in [1.807, 2.05) is 11.1 Å². The average molecular weight is 555 g/mol. The van der Waals surface area contributed by atoms with E-state index in [0.29, 0.717) is 50.3 Å². The Morgan fingerprint density at radius 1 is 1.24 bits per heavy atom. The molecule has 0 spiro atoms.